The van der Waals surface area contributed by atoms with Crippen LogP contribution in [0.4, 0.5) is 0 Å². The highest BCUT2D eigenvalue weighted by Crippen LogP contribution is 2.31. The Morgan fingerprint density at radius 1 is 1.40 bits per heavy atom. The van der Waals surface area contributed by atoms with Crippen molar-refractivity contribution in [1.82, 2.24) is 10.2 Å². The van der Waals surface area contributed by atoms with Gasteiger partial charge in [0.1, 0.15) is 5.54 Å². The fraction of sp³-hybridized carbons (Fsp3) is 0.938. The molecule has 0 aromatic carbocycles. The highest BCUT2D eigenvalue weighted by atomic mass is 16.4. The molecule has 2 atom stereocenters. The van der Waals surface area contributed by atoms with Gasteiger partial charge in [0, 0.05) is 18.6 Å². The fourth-order valence-corrected chi connectivity index (χ4v) is 2.86. The standard InChI is InChI=1S/C16H32N2O2/c1-6-9-17-16(5,15(19)20)10-13(4)18(11-12(2)3)14-7-8-14/h12-14,17H,6-11H2,1-5H3,(H,19,20). The van der Waals surface area contributed by atoms with E-state index in [0.717, 1.165) is 19.5 Å². The first-order valence-corrected chi connectivity index (χ1v) is 8.04. The number of carboxylic acid groups (broad SMARTS) is 1. The van der Waals surface area contributed by atoms with Gasteiger partial charge in [-0.15, -0.1) is 0 Å². The van der Waals surface area contributed by atoms with Crippen molar-refractivity contribution >= 4 is 5.97 Å². The van der Waals surface area contributed by atoms with E-state index in [1.165, 1.54) is 12.8 Å². The van der Waals surface area contributed by atoms with Crippen LogP contribution in [-0.4, -0.2) is 46.7 Å². The molecule has 0 amide bonds. The Labute approximate surface area is 123 Å². The van der Waals surface area contributed by atoms with E-state index >= 15 is 0 Å². The van der Waals surface area contributed by atoms with Gasteiger partial charge in [-0.2, -0.15) is 0 Å². The van der Waals surface area contributed by atoms with Gasteiger partial charge in [0.05, 0.1) is 0 Å². The molecule has 2 N–H and O–H groups in total. The molecule has 4 heteroatoms. The fourth-order valence-electron chi connectivity index (χ4n) is 2.86. The van der Waals surface area contributed by atoms with Gasteiger partial charge in [-0.25, -0.2) is 0 Å². The van der Waals surface area contributed by atoms with Crippen molar-refractivity contribution in [1.29, 1.82) is 0 Å². The monoisotopic (exact) mass is 284 g/mol. The van der Waals surface area contributed by atoms with Crippen LogP contribution >= 0.6 is 0 Å². The molecule has 4 nitrogen and oxygen atoms in total. The first-order chi connectivity index (χ1) is 9.30. The minimum atomic E-state index is -0.820. The predicted octanol–water partition coefficient (Wildman–Crippen LogP) is 2.73. The number of nitrogens with zero attached hydrogens (tertiary/aromatic N) is 1. The maximum atomic E-state index is 11.6. The summed E-state index contributed by atoms with van der Waals surface area (Å²) < 4.78 is 0. The summed E-state index contributed by atoms with van der Waals surface area (Å²) in [5.74, 6) is -0.115. The molecule has 0 aromatic rings. The van der Waals surface area contributed by atoms with Crippen molar-refractivity contribution in [3.63, 3.8) is 0 Å². The summed E-state index contributed by atoms with van der Waals surface area (Å²) in [5, 5.41) is 12.8. The molecule has 118 valence electrons. The minimum Gasteiger partial charge on any atom is -0.480 e. The zero-order valence-corrected chi connectivity index (χ0v) is 13.8. The number of hydrogen-bond acceptors (Lipinski definition) is 3. The van der Waals surface area contributed by atoms with Crippen molar-refractivity contribution in [2.45, 2.75) is 77.9 Å². The second kappa shape index (κ2) is 7.41. The third-order valence-electron chi connectivity index (χ3n) is 4.10. The average molecular weight is 284 g/mol. The largest absolute Gasteiger partial charge is 0.480 e. The molecular formula is C16H32N2O2. The smallest absolute Gasteiger partial charge is 0.323 e. The van der Waals surface area contributed by atoms with Gasteiger partial charge < -0.3 is 10.4 Å². The van der Waals surface area contributed by atoms with Gasteiger partial charge in [-0.1, -0.05) is 20.8 Å². The number of carboxylic acids is 1. The molecule has 1 aliphatic carbocycles. The topological polar surface area (TPSA) is 52.6 Å². The van der Waals surface area contributed by atoms with E-state index in [0.29, 0.717) is 24.4 Å². The van der Waals surface area contributed by atoms with E-state index in [4.69, 9.17) is 0 Å². The van der Waals surface area contributed by atoms with Crippen molar-refractivity contribution in [3.8, 4) is 0 Å². The zero-order chi connectivity index (χ0) is 15.3. The summed E-state index contributed by atoms with van der Waals surface area (Å²) in [6, 6.07) is 0.979. The zero-order valence-electron chi connectivity index (χ0n) is 13.8. The molecule has 1 saturated carbocycles. The molecule has 0 aliphatic heterocycles. The first kappa shape index (κ1) is 17.4. The summed E-state index contributed by atoms with van der Waals surface area (Å²) >= 11 is 0. The summed E-state index contributed by atoms with van der Waals surface area (Å²) in [4.78, 5) is 14.1. The number of carbonyl (C=O) groups is 1. The summed E-state index contributed by atoms with van der Waals surface area (Å²) in [7, 11) is 0. The lowest BCUT2D eigenvalue weighted by Crippen LogP contribution is -2.54. The highest BCUT2D eigenvalue weighted by Gasteiger charge is 2.39. The maximum Gasteiger partial charge on any atom is 0.323 e. The van der Waals surface area contributed by atoms with E-state index in [1.807, 2.05) is 6.92 Å². The van der Waals surface area contributed by atoms with E-state index in [1.54, 1.807) is 0 Å². The third kappa shape index (κ3) is 5.06. The number of rotatable bonds is 10. The lowest BCUT2D eigenvalue weighted by atomic mass is 9.92. The number of aliphatic carboxylic acids is 1. The quantitative estimate of drug-likeness (QED) is 0.647. The highest BCUT2D eigenvalue weighted by molar-refractivity contribution is 5.78. The average Bonchev–Trinajstić information content (AvgIpc) is 3.17. The molecule has 0 radical (unpaired) electrons. The van der Waals surface area contributed by atoms with E-state index < -0.39 is 11.5 Å². The number of nitrogens with one attached hydrogen (secondary N) is 1. The maximum absolute atomic E-state index is 11.6. The molecule has 20 heavy (non-hydrogen) atoms. The minimum absolute atomic E-state index is 0.301. The van der Waals surface area contributed by atoms with E-state index in [-0.39, 0.29) is 0 Å². The second-order valence-electron chi connectivity index (χ2n) is 6.94. The lowest BCUT2D eigenvalue weighted by molar-refractivity contribution is -0.145. The van der Waals surface area contributed by atoms with Crippen LogP contribution in [0.2, 0.25) is 0 Å². The SMILES string of the molecule is CCCNC(C)(CC(C)N(CC(C)C)C1CC1)C(=O)O. The van der Waals surface area contributed by atoms with Crippen molar-refractivity contribution in [3.05, 3.63) is 0 Å². The van der Waals surface area contributed by atoms with Crippen LogP contribution < -0.4 is 5.32 Å². The van der Waals surface area contributed by atoms with Gasteiger partial charge in [0.2, 0.25) is 0 Å². The van der Waals surface area contributed by atoms with Crippen molar-refractivity contribution in [2.24, 2.45) is 5.92 Å². The van der Waals surface area contributed by atoms with Gasteiger partial charge in [-0.05, 0) is 52.0 Å². The summed E-state index contributed by atoms with van der Waals surface area (Å²) in [5.41, 5.74) is -0.820. The molecule has 0 spiro atoms. The van der Waals surface area contributed by atoms with Crippen LogP contribution in [0, 0.1) is 5.92 Å². The Morgan fingerprint density at radius 2 is 2.00 bits per heavy atom. The molecule has 1 fully saturated rings. The van der Waals surface area contributed by atoms with Crippen LogP contribution in [0.1, 0.15) is 60.3 Å². The van der Waals surface area contributed by atoms with Crippen molar-refractivity contribution < 1.29 is 9.90 Å². The third-order valence-corrected chi connectivity index (χ3v) is 4.10. The molecule has 2 unspecified atom stereocenters. The van der Waals surface area contributed by atoms with Gasteiger partial charge >= 0.3 is 5.97 Å². The molecule has 1 rings (SSSR count). The Bertz CT molecular complexity index is 316. The first-order valence-electron chi connectivity index (χ1n) is 8.04. The molecular weight excluding hydrogens is 252 g/mol. The Hall–Kier alpha value is -0.610. The van der Waals surface area contributed by atoms with Crippen LogP contribution in [-0.2, 0) is 4.79 Å². The molecule has 1 aliphatic rings. The van der Waals surface area contributed by atoms with Crippen LogP contribution in [0.5, 0.6) is 0 Å². The summed E-state index contributed by atoms with van der Waals surface area (Å²) in [6.45, 7) is 12.3. The van der Waals surface area contributed by atoms with Crippen LogP contribution in [0.15, 0.2) is 0 Å². The van der Waals surface area contributed by atoms with E-state index in [9.17, 15) is 9.90 Å². The van der Waals surface area contributed by atoms with E-state index in [2.05, 4.69) is 37.9 Å². The van der Waals surface area contributed by atoms with Crippen LogP contribution in [0.3, 0.4) is 0 Å². The summed E-state index contributed by atoms with van der Waals surface area (Å²) in [6.07, 6.45) is 4.15. The number of hydrogen-bond donors (Lipinski definition) is 2. The molecule has 0 aromatic heterocycles. The van der Waals surface area contributed by atoms with Crippen molar-refractivity contribution in [2.75, 3.05) is 13.1 Å². The normalized spacial score (nSPS) is 20.1. The van der Waals surface area contributed by atoms with Gasteiger partial charge in [0.25, 0.3) is 0 Å². The Balaban J connectivity index is 2.67. The molecule has 0 saturated heterocycles. The predicted molar refractivity (Wildman–Crippen MR) is 83.0 cm³/mol. The molecule has 0 heterocycles. The lowest BCUT2D eigenvalue weighted by Gasteiger charge is -2.36. The van der Waals surface area contributed by atoms with Gasteiger partial charge in [-0.3, -0.25) is 9.69 Å². The van der Waals surface area contributed by atoms with Gasteiger partial charge in [0.15, 0.2) is 0 Å². The Kier molecular flexibility index (Phi) is 6.46. The van der Waals surface area contributed by atoms with Crippen LogP contribution in [0.25, 0.3) is 0 Å². The Morgan fingerprint density at radius 3 is 2.40 bits per heavy atom. The second-order valence-corrected chi connectivity index (χ2v) is 6.94. The molecule has 0 bridgehead atoms.